The predicted octanol–water partition coefficient (Wildman–Crippen LogP) is 4.20. The summed E-state index contributed by atoms with van der Waals surface area (Å²) in [4.78, 5) is 25.4. The molecule has 0 saturated heterocycles. The maximum absolute atomic E-state index is 12.1. The second-order valence-corrected chi connectivity index (χ2v) is 7.77. The quantitative estimate of drug-likeness (QED) is 0.440. The maximum Gasteiger partial charge on any atom is 0.341 e. The Balaban J connectivity index is 1.67. The number of ether oxygens (including phenoxy) is 1. The highest BCUT2D eigenvalue weighted by Crippen LogP contribution is 2.39. The van der Waals surface area contributed by atoms with Gasteiger partial charge in [0.25, 0.3) is 0 Å². The van der Waals surface area contributed by atoms with Crippen LogP contribution in [0.1, 0.15) is 32.8 Å². The van der Waals surface area contributed by atoms with E-state index in [9.17, 15) is 9.59 Å². The van der Waals surface area contributed by atoms with Gasteiger partial charge < -0.3 is 10.1 Å². The van der Waals surface area contributed by atoms with Crippen molar-refractivity contribution in [2.24, 2.45) is 0 Å². The Morgan fingerprint density at radius 3 is 2.81 bits per heavy atom. The molecule has 1 aromatic heterocycles. The minimum absolute atomic E-state index is 0.119. The number of esters is 1. The first kappa shape index (κ1) is 19.5. The van der Waals surface area contributed by atoms with Crippen LogP contribution in [0.25, 0.3) is 6.08 Å². The minimum Gasteiger partial charge on any atom is -0.465 e. The summed E-state index contributed by atoms with van der Waals surface area (Å²) in [5.74, 6) is -0.791. The number of hydrogen-bond acceptors (Lipinski definition) is 5. The molecule has 0 atom stereocenters. The molecular formula is C19H17ClN2O3S2. The van der Waals surface area contributed by atoms with E-state index in [1.807, 2.05) is 12.1 Å². The Bertz CT molecular complexity index is 937. The normalized spacial score (nSPS) is 12.7. The molecule has 0 unspecified atom stereocenters. The molecule has 0 aliphatic heterocycles. The second kappa shape index (κ2) is 8.65. The minimum atomic E-state index is -0.398. The summed E-state index contributed by atoms with van der Waals surface area (Å²) >= 11 is 12.7. The molecule has 0 fully saturated rings. The molecule has 0 saturated carbocycles. The van der Waals surface area contributed by atoms with Crippen molar-refractivity contribution in [3.8, 4) is 0 Å². The highest BCUT2D eigenvalue weighted by atomic mass is 35.5. The molecule has 2 N–H and O–H groups in total. The molecule has 0 bridgehead atoms. The molecule has 5 nitrogen and oxygen atoms in total. The van der Waals surface area contributed by atoms with Crippen LogP contribution >= 0.6 is 35.2 Å². The molecule has 0 radical (unpaired) electrons. The van der Waals surface area contributed by atoms with Gasteiger partial charge in [0.2, 0.25) is 5.91 Å². The summed E-state index contributed by atoms with van der Waals surface area (Å²) in [6.07, 6.45) is 5.77. The largest absolute Gasteiger partial charge is 0.465 e. The molecule has 8 heteroatoms. The number of amides is 1. The number of hydrogen-bond donors (Lipinski definition) is 2. The van der Waals surface area contributed by atoms with Crippen molar-refractivity contribution in [1.29, 1.82) is 0 Å². The van der Waals surface area contributed by atoms with Crippen LogP contribution in [0.5, 0.6) is 0 Å². The molecule has 1 aliphatic carbocycles. The second-order valence-electron chi connectivity index (χ2n) is 5.85. The number of aryl methyl sites for hydroxylation is 1. The van der Waals surface area contributed by atoms with Gasteiger partial charge in [0.1, 0.15) is 5.00 Å². The van der Waals surface area contributed by atoms with E-state index in [0.29, 0.717) is 15.6 Å². The number of methoxy groups -OCH3 is 1. The van der Waals surface area contributed by atoms with Gasteiger partial charge in [-0.3, -0.25) is 10.1 Å². The van der Waals surface area contributed by atoms with Gasteiger partial charge >= 0.3 is 5.97 Å². The number of rotatable bonds is 4. The average molecular weight is 421 g/mol. The van der Waals surface area contributed by atoms with Crippen molar-refractivity contribution in [3.05, 3.63) is 56.9 Å². The van der Waals surface area contributed by atoms with Crippen molar-refractivity contribution in [1.82, 2.24) is 5.32 Å². The van der Waals surface area contributed by atoms with E-state index in [-0.39, 0.29) is 5.11 Å². The first-order chi connectivity index (χ1) is 13.0. The van der Waals surface area contributed by atoms with Crippen molar-refractivity contribution in [2.45, 2.75) is 19.3 Å². The number of thiocarbonyl (C=S) groups is 1. The van der Waals surface area contributed by atoms with E-state index in [4.69, 9.17) is 28.6 Å². The zero-order chi connectivity index (χ0) is 19.4. The number of nitrogens with one attached hydrogen (secondary N) is 2. The molecule has 1 amide bonds. The third kappa shape index (κ3) is 4.55. The van der Waals surface area contributed by atoms with Gasteiger partial charge in [-0.15, -0.1) is 11.3 Å². The van der Waals surface area contributed by atoms with Crippen molar-refractivity contribution >= 4 is 63.2 Å². The highest BCUT2D eigenvalue weighted by Gasteiger charge is 2.27. The Labute approximate surface area is 171 Å². The molecular weight excluding hydrogens is 404 g/mol. The predicted molar refractivity (Wildman–Crippen MR) is 113 cm³/mol. The molecule has 2 aromatic rings. The third-order valence-electron chi connectivity index (χ3n) is 4.09. The van der Waals surface area contributed by atoms with Gasteiger partial charge in [-0.2, -0.15) is 0 Å². The van der Waals surface area contributed by atoms with Gasteiger partial charge in [-0.1, -0.05) is 29.8 Å². The fourth-order valence-electron chi connectivity index (χ4n) is 2.87. The van der Waals surface area contributed by atoms with E-state index in [1.54, 1.807) is 18.2 Å². The molecule has 0 spiro atoms. The number of carbonyl (C=O) groups excluding carboxylic acids is 2. The lowest BCUT2D eigenvalue weighted by molar-refractivity contribution is -0.115. The molecule has 27 heavy (non-hydrogen) atoms. The van der Waals surface area contributed by atoms with Crippen LogP contribution in [0.2, 0.25) is 5.02 Å². The van der Waals surface area contributed by atoms with Crippen molar-refractivity contribution < 1.29 is 14.3 Å². The average Bonchev–Trinajstić information content (AvgIpc) is 3.21. The van der Waals surface area contributed by atoms with Crippen molar-refractivity contribution in [3.63, 3.8) is 0 Å². The molecule has 1 aliphatic rings. The summed E-state index contributed by atoms with van der Waals surface area (Å²) in [7, 11) is 1.35. The first-order valence-electron chi connectivity index (χ1n) is 8.27. The fourth-order valence-corrected chi connectivity index (χ4v) is 4.62. The van der Waals surface area contributed by atoms with E-state index >= 15 is 0 Å². The van der Waals surface area contributed by atoms with Crippen LogP contribution in [0.3, 0.4) is 0 Å². The standard InChI is InChI=1S/C19H17ClN2O3S2/c1-25-18(24)16-12-6-4-8-14(12)27-17(16)22-19(26)21-15(23)10-9-11-5-2-3-7-13(11)20/h2-3,5,7,9-10H,4,6,8H2,1H3,(H2,21,22,23,26)/b10-9+. The van der Waals surface area contributed by atoms with Gasteiger partial charge in [0.05, 0.1) is 12.7 Å². The Hall–Kier alpha value is -2.22. The lowest BCUT2D eigenvalue weighted by atomic mass is 10.1. The van der Waals surface area contributed by atoms with E-state index in [0.717, 1.165) is 35.3 Å². The zero-order valence-corrected chi connectivity index (χ0v) is 16.9. The summed E-state index contributed by atoms with van der Waals surface area (Å²) in [5.41, 5.74) is 2.26. The summed E-state index contributed by atoms with van der Waals surface area (Å²) < 4.78 is 4.90. The van der Waals surface area contributed by atoms with Gasteiger partial charge in [0.15, 0.2) is 5.11 Å². The topological polar surface area (TPSA) is 67.4 Å². The third-order valence-corrected chi connectivity index (χ3v) is 5.85. The zero-order valence-electron chi connectivity index (χ0n) is 14.5. The number of benzene rings is 1. The van der Waals surface area contributed by atoms with E-state index in [1.165, 1.54) is 24.5 Å². The molecule has 1 aromatic carbocycles. The Morgan fingerprint density at radius 2 is 2.07 bits per heavy atom. The number of anilines is 1. The van der Waals surface area contributed by atoms with Gasteiger partial charge in [-0.25, -0.2) is 4.79 Å². The summed E-state index contributed by atoms with van der Waals surface area (Å²) in [6, 6.07) is 7.20. The summed E-state index contributed by atoms with van der Waals surface area (Å²) in [6.45, 7) is 0. The monoisotopic (exact) mass is 420 g/mol. The number of carbonyl (C=O) groups is 2. The lowest BCUT2D eigenvalue weighted by Crippen LogP contribution is -2.33. The van der Waals surface area contributed by atoms with Crippen molar-refractivity contribution in [2.75, 3.05) is 12.4 Å². The molecule has 3 rings (SSSR count). The Kier molecular flexibility index (Phi) is 6.26. The first-order valence-corrected chi connectivity index (χ1v) is 9.87. The number of halogens is 1. The smallest absolute Gasteiger partial charge is 0.341 e. The van der Waals surface area contributed by atoms with Crippen LogP contribution in [-0.2, 0) is 22.4 Å². The van der Waals surface area contributed by atoms with Gasteiger partial charge in [0, 0.05) is 16.0 Å². The molecule has 140 valence electrons. The Morgan fingerprint density at radius 1 is 1.30 bits per heavy atom. The van der Waals surface area contributed by atoms with Crippen LogP contribution in [0, 0.1) is 0 Å². The number of thiophene rings is 1. The van der Waals surface area contributed by atoms with Crippen LogP contribution in [0.4, 0.5) is 5.00 Å². The van der Waals surface area contributed by atoms with Crippen LogP contribution in [-0.4, -0.2) is 24.1 Å². The lowest BCUT2D eigenvalue weighted by Gasteiger charge is -2.09. The maximum atomic E-state index is 12.1. The highest BCUT2D eigenvalue weighted by molar-refractivity contribution is 7.80. The van der Waals surface area contributed by atoms with Crippen LogP contribution in [0.15, 0.2) is 30.3 Å². The SMILES string of the molecule is COC(=O)c1c(NC(=S)NC(=O)/C=C/c2ccccc2Cl)sc2c1CCC2. The molecule has 1 heterocycles. The van der Waals surface area contributed by atoms with Gasteiger partial charge in [-0.05, 0) is 54.7 Å². The van der Waals surface area contributed by atoms with E-state index in [2.05, 4.69) is 10.6 Å². The van der Waals surface area contributed by atoms with E-state index < -0.39 is 11.9 Å². The summed E-state index contributed by atoms with van der Waals surface area (Å²) in [5, 5.41) is 6.80. The fraction of sp³-hybridized carbons (Fsp3) is 0.211. The van der Waals surface area contributed by atoms with Crippen LogP contribution < -0.4 is 10.6 Å². The number of fused-ring (bicyclic) bond motifs is 1.